The fourth-order valence-corrected chi connectivity index (χ4v) is 4.87. The van der Waals surface area contributed by atoms with Gasteiger partial charge in [0, 0.05) is 36.3 Å². The third-order valence-corrected chi connectivity index (χ3v) is 7.33. The second-order valence-electron chi connectivity index (χ2n) is 14.1. The number of nitrogens with zero attached hydrogens (tertiary/aromatic N) is 2. The molecule has 0 bridgehead atoms. The summed E-state index contributed by atoms with van der Waals surface area (Å²) in [5.74, 6) is -4.87. The summed E-state index contributed by atoms with van der Waals surface area (Å²) in [4.78, 5) is 82.2. The minimum atomic E-state index is -5.08. The number of carboxylic acids is 1. The second kappa shape index (κ2) is 22.5. The number of fused-ring (bicyclic) bond motifs is 1. The first kappa shape index (κ1) is 48.9. The summed E-state index contributed by atoms with van der Waals surface area (Å²) in [5.41, 5.74) is 21.8. The number of nitrogens with one attached hydrogen (secondary N) is 4. The molecule has 0 aliphatic rings. The number of nitrogens with two attached hydrogens (primary N) is 4. The number of aliphatic carboxylic acids is 1. The molecule has 13 N–H and O–H groups in total. The highest BCUT2D eigenvalue weighted by Crippen LogP contribution is 2.21. The minimum absolute atomic E-state index is 0.000161. The van der Waals surface area contributed by atoms with Crippen LogP contribution in [0, 0.1) is 12.8 Å². The average molecular weight is 815 g/mol. The maximum Gasteiger partial charge on any atom is 0.490 e. The molecule has 0 aliphatic carbocycles. The zero-order valence-corrected chi connectivity index (χ0v) is 32.6. The smallest absolute Gasteiger partial charge is 0.475 e. The zero-order chi connectivity index (χ0) is 43.7. The van der Waals surface area contributed by atoms with E-state index >= 15 is 0 Å². The van der Waals surface area contributed by atoms with Crippen LogP contribution in [0.25, 0.3) is 11.0 Å². The van der Waals surface area contributed by atoms with Gasteiger partial charge in [0.25, 0.3) is 0 Å². The number of alkyl halides is 3. The quantitative estimate of drug-likeness (QED) is 0.0476. The molecule has 1 aromatic heterocycles. The molecule has 22 heteroatoms. The van der Waals surface area contributed by atoms with E-state index in [1.807, 2.05) is 13.8 Å². The van der Waals surface area contributed by atoms with Crippen molar-refractivity contribution in [3.8, 4) is 0 Å². The number of benzene rings is 1. The van der Waals surface area contributed by atoms with Gasteiger partial charge in [-0.15, -0.1) is 0 Å². The third kappa shape index (κ3) is 19.9. The molecule has 2 rings (SSSR count). The van der Waals surface area contributed by atoms with Crippen LogP contribution in [0.1, 0.15) is 72.3 Å². The first-order valence-electron chi connectivity index (χ1n) is 17.7. The molecule has 318 valence electrons. The molecule has 0 radical (unpaired) electrons. The molecular weight excluding hydrogens is 761 g/mol. The van der Waals surface area contributed by atoms with Crippen molar-refractivity contribution in [2.75, 3.05) is 18.4 Å². The Morgan fingerprint density at radius 1 is 0.825 bits per heavy atom. The van der Waals surface area contributed by atoms with Crippen molar-refractivity contribution in [1.82, 2.24) is 16.0 Å². The van der Waals surface area contributed by atoms with Gasteiger partial charge < -0.3 is 58.5 Å². The molecule has 0 saturated heterocycles. The molecule has 4 amide bonds. The molecular formula is C35H53F3N10O9. The van der Waals surface area contributed by atoms with Crippen molar-refractivity contribution < 1.29 is 51.4 Å². The number of hydrogen-bond acceptors (Lipinski definition) is 10. The predicted molar refractivity (Wildman–Crippen MR) is 206 cm³/mol. The van der Waals surface area contributed by atoms with Gasteiger partial charge in [0.1, 0.15) is 29.3 Å². The number of ether oxygens (including phenoxy) is 1. The van der Waals surface area contributed by atoms with Gasteiger partial charge in [-0.3, -0.25) is 24.4 Å². The monoisotopic (exact) mass is 814 g/mol. The number of amides is 4. The van der Waals surface area contributed by atoms with Crippen LogP contribution in [0.5, 0.6) is 0 Å². The van der Waals surface area contributed by atoms with Crippen molar-refractivity contribution >= 4 is 58.4 Å². The summed E-state index contributed by atoms with van der Waals surface area (Å²) in [6.07, 6.45) is -4.77. The van der Waals surface area contributed by atoms with Gasteiger partial charge in [-0.1, -0.05) is 13.8 Å². The molecule has 0 spiro atoms. The van der Waals surface area contributed by atoms with Gasteiger partial charge in [-0.25, -0.2) is 14.4 Å². The lowest BCUT2D eigenvalue weighted by Gasteiger charge is -2.27. The number of guanidine groups is 2. The fraction of sp³-hybridized carbons (Fsp3) is 0.543. The van der Waals surface area contributed by atoms with Crippen LogP contribution in [0.4, 0.5) is 23.7 Å². The third-order valence-electron chi connectivity index (χ3n) is 7.33. The molecule has 2 aromatic rings. The van der Waals surface area contributed by atoms with Gasteiger partial charge in [0.15, 0.2) is 11.9 Å². The van der Waals surface area contributed by atoms with E-state index in [2.05, 4.69) is 31.3 Å². The molecule has 3 atom stereocenters. The second-order valence-corrected chi connectivity index (χ2v) is 14.1. The van der Waals surface area contributed by atoms with Gasteiger partial charge in [0.05, 0.1) is 0 Å². The summed E-state index contributed by atoms with van der Waals surface area (Å²) >= 11 is 0. The molecule has 0 aliphatic heterocycles. The number of carboxylic acid groups (broad SMARTS) is 1. The molecule has 1 aromatic carbocycles. The lowest BCUT2D eigenvalue weighted by Crippen LogP contribution is -2.56. The van der Waals surface area contributed by atoms with Crippen molar-refractivity contribution in [1.29, 1.82) is 0 Å². The van der Waals surface area contributed by atoms with Crippen LogP contribution in [-0.4, -0.2) is 89.8 Å². The Labute approximate surface area is 326 Å². The summed E-state index contributed by atoms with van der Waals surface area (Å²) in [7, 11) is 0. The van der Waals surface area contributed by atoms with Crippen molar-refractivity contribution in [3.05, 3.63) is 40.2 Å². The predicted octanol–water partition coefficient (Wildman–Crippen LogP) is 1.69. The molecule has 0 saturated carbocycles. The Bertz CT molecular complexity index is 1820. The number of hydrogen-bond donors (Lipinski definition) is 9. The Kier molecular flexibility index (Phi) is 19.3. The summed E-state index contributed by atoms with van der Waals surface area (Å²) in [5, 5.41) is 18.6. The molecule has 1 heterocycles. The normalized spacial score (nSPS) is 12.8. The van der Waals surface area contributed by atoms with Crippen molar-refractivity contribution in [3.63, 3.8) is 0 Å². The zero-order valence-electron chi connectivity index (χ0n) is 32.6. The van der Waals surface area contributed by atoms with E-state index in [1.54, 1.807) is 39.8 Å². The lowest BCUT2D eigenvalue weighted by atomic mass is 10.0. The number of aliphatic imine (C=N–C) groups is 2. The summed E-state index contributed by atoms with van der Waals surface area (Å²) < 4.78 is 42.4. The number of alkyl carbamates (subject to hydrolysis) is 1. The highest BCUT2D eigenvalue weighted by atomic mass is 19.4. The van der Waals surface area contributed by atoms with E-state index < -0.39 is 65.3 Å². The van der Waals surface area contributed by atoms with E-state index in [-0.39, 0.29) is 55.8 Å². The van der Waals surface area contributed by atoms with Gasteiger partial charge in [-0.05, 0) is 83.4 Å². The van der Waals surface area contributed by atoms with Crippen LogP contribution in [0.15, 0.2) is 43.5 Å². The lowest BCUT2D eigenvalue weighted by molar-refractivity contribution is -0.192. The van der Waals surface area contributed by atoms with Gasteiger partial charge >= 0.3 is 23.9 Å². The molecule has 19 nitrogen and oxygen atoms in total. The Balaban J connectivity index is 0.00000211. The number of halogens is 3. The van der Waals surface area contributed by atoms with E-state index in [9.17, 15) is 37.1 Å². The van der Waals surface area contributed by atoms with Crippen molar-refractivity contribution in [2.24, 2.45) is 38.8 Å². The van der Waals surface area contributed by atoms with E-state index in [1.165, 1.54) is 12.1 Å². The highest BCUT2D eigenvalue weighted by molar-refractivity contribution is 6.00. The molecule has 57 heavy (non-hydrogen) atoms. The topological polar surface area (TPSA) is 322 Å². The molecule has 0 unspecified atom stereocenters. The standard InChI is InChI=1S/C33H52N10O7.C2HF3O2/c1-18(2)15-24(43-32(48)50-33(4,5)6)29(47)42-23(10-8-14-39-31(36)37)28(46)41-22(9-7-13-38-30(34)35)27(45)40-20-11-12-21-19(3)16-26(44)49-25(21)17-20;3-2(4,5)1(6)7/h11-12,16-18,22-24H,7-10,13-15H2,1-6H3,(H,40,45)(H,41,46)(H,42,47)(H,43,48)(H4,34,35,38)(H4,36,37,39);(H,6,7)/t22-,23-,24-;/m0./s1. The Morgan fingerprint density at radius 3 is 1.77 bits per heavy atom. The van der Waals surface area contributed by atoms with Crippen LogP contribution in [0.2, 0.25) is 0 Å². The number of aryl methyl sites for hydroxylation is 1. The van der Waals surface area contributed by atoms with Crippen LogP contribution in [-0.2, 0) is 23.9 Å². The maximum absolute atomic E-state index is 13.8. The van der Waals surface area contributed by atoms with E-state index in [4.69, 9.17) is 42.0 Å². The Hall–Kier alpha value is -6.09. The average Bonchev–Trinajstić information content (AvgIpc) is 3.05. The fourth-order valence-electron chi connectivity index (χ4n) is 4.87. The number of rotatable bonds is 17. The van der Waals surface area contributed by atoms with Crippen LogP contribution < -0.4 is 49.8 Å². The summed E-state index contributed by atoms with van der Waals surface area (Å²) in [6.45, 7) is 11.0. The SMILES string of the molecule is Cc1cc(=O)oc2cc(NC(=O)[C@H](CCCN=C(N)N)NC(=O)[C@H](CCCN=C(N)N)NC(=O)[C@H](CC(C)C)NC(=O)OC(C)(C)C)ccc12.O=C(O)C(F)(F)F. The van der Waals surface area contributed by atoms with E-state index in [0.717, 1.165) is 0 Å². The van der Waals surface area contributed by atoms with Crippen molar-refractivity contribution in [2.45, 2.75) is 104 Å². The summed E-state index contributed by atoms with van der Waals surface area (Å²) in [6, 6.07) is 2.97. The molecule has 0 fully saturated rings. The number of carbonyl (C=O) groups is 5. The number of anilines is 1. The number of carbonyl (C=O) groups excluding carboxylic acids is 4. The van der Waals surface area contributed by atoms with Gasteiger partial charge in [0.2, 0.25) is 17.7 Å². The van der Waals surface area contributed by atoms with Crippen LogP contribution in [0.3, 0.4) is 0 Å². The Morgan fingerprint density at radius 2 is 1.32 bits per heavy atom. The minimum Gasteiger partial charge on any atom is -0.475 e. The largest absolute Gasteiger partial charge is 0.490 e. The maximum atomic E-state index is 13.8. The first-order valence-corrected chi connectivity index (χ1v) is 17.7. The van der Waals surface area contributed by atoms with Gasteiger partial charge in [-0.2, -0.15) is 13.2 Å². The highest BCUT2D eigenvalue weighted by Gasteiger charge is 2.38. The van der Waals surface area contributed by atoms with E-state index in [0.29, 0.717) is 29.5 Å². The first-order chi connectivity index (χ1) is 26.3. The van der Waals surface area contributed by atoms with Crippen LogP contribution >= 0.6 is 0 Å².